The Morgan fingerprint density at radius 1 is 1.20 bits per heavy atom. The van der Waals surface area contributed by atoms with Crippen LogP contribution in [0.25, 0.3) is 0 Å². The van der Waals surface area contributed by atoms with E-state index >= 15 is 0 Å². The van der Waals surface area contributed by atoms with Crippen LogP contribution in [-0.2, 0) is 15.0 Å². The third-order valence-corrected chi connectivity index (χ3v) is 5.75. The van der Waals surface area contributed by atoms with Gasteiger partial charge < -0.3 is 10.0 Å². The van der Waals surface area contributed by atoms with Crippen LogP contribution in [0.15, 0.2) is 0 Å². The summed E-state index contributed by atoms with van der Waals surface area (Å²) in [6.07, 6.45) is 2.75. The first-order valence-electron chi connectivity index (χ1n) is 7.07. The lowest BCUT2D eigenvalue weighted by Crippen LogP contribution is -2.52. The van der Waals surface area contributed by atoms with Crippen molar-refractivity contribution in [2.45, 2.75) is 31.7 Å². The van der Waals surface area contributed by atoms with Crippen LogP contribution < -0.4 is 4.72 Å². The maximum absolute atomic E-state index is 12.3. The summed E-state index contributed by atoms with van der Waals surface area (Å²) in [6.45, 7) is 2.25. The summed E-state index contributed by atoms with van der Waals surface area (Å²) in [5.74, 6) is -1.50. The number of carboxylic acids is 1. The van der Waals surface area contributed by atoms with Crippen molar-refractivity contribution in [3.8, 4) is 0 Å². The summed E-state index contributed by atoms with van der Waals surface area (Å²) in [6, 6.07) is -0.0404. The normalized spacial score (nSPS) is 27.6. The van der Waals surface area contributed by atoms with Gasteiger partial charge in [-0.3, -0.25) is 4.79 Å². The number of rotatable bonds is 4. The van der Waals surface area contributed by atoms with Gasteiger partial charge in [0.2, 0.25) is 0 Å². The lowest BCUT2D eigenvalue weighted by molar-refractivity contribution is -0.142. The van der Waals surface area contributed by atoms with Gasteiger partial charge in [0.25, 0.3) is 10.2 Å². The molecular formula is C12H23N3O4S. The molecule has 7 nitrogen and oxygen atoms in total. The molecule has 20 heavy (non-hydrogen) atoms. The van der Waals surface area contributed by atoms with Crippen LogP contribution >= 0.6 is 0 Å². The summed E-state index contributed by atoms with van der Waals surface area (Å²) in [7, 11) is -1.54. The molecule has 8 heteroatoms. The zero-order valence-corrected chi connectivity index (χ0v) is 12.6. The second kappa shape index (κ2) is 6.38. The van der Waals surface area contributed by atoms with Crippen molar-refractivity contribution in [2.24, 2.45) is 5.92 Å². The van der Waals surface area contributed by atoms with Crippen molar-refractivity contribution in [2.75, 3.05) is 33.2 Å². The summed E-state index contributed by atoms with van der Waals surface area (Å²) < 4.78 is 28.6. The smallest absolute Gasteiger partial charge is 0.307 e. The highest BCUT2D eigenvalue weighted by Gasteiger charge is 2.33. The molecule has 0 amide bonds. The van der Waals surface area contributed by atoms with Gasteiger partial charge in [-0.1, -0.05) is 0 Å². The second-order valence-electron chi connectivity index (χ2n) is 5.74. The number of carboxylic acid groups (broad SMARTS) is 1. The van der Waals surface area contributed by atoms with E-state index in [1.165, 1.54) is 4.31 Å². The molecule has 2 saturated heterocycles. The molecule has 2 aliphatic heterocycles. The van der Waals surface area contributed by atoms with Gasteiger partial charge in [0, 0.05) is 19.1 Å². The molecule has 0 spiro atoms. The maximum Gasteiger partial charge on any atom is 0.307 e. The molecule has 1 unspecified atom stereocenters. The monoisotopic (exact) mass is 305 g/mol. The van der Waals surface area contributed by atoms with Crippen LogP contribution in [0.3, 0.4) is 0 Å². The van der Waals surface area contributed by atoms with E-state index in [-0.39, 0.29) is 12.6 Å². The van der Waals surface area contributed by atoms with E-state index in [1.807, 2.05) is 7.05 Å². The number of hydrogen-bond acceptors (Lipinski definition) is 4. The van der Waals surface area contributed by atoms with Gasteiger partial charge in [-0.15, -0.1) is 0 Å². The Balaban J connectivity index is 1.94. The molecule has 0 aromatic carbocycles. The average Bonchev–Trinajstić information content (AvgIpc) is 2.41. The predicted molar refractivity (Wildman–Crippen MR) is 74.5 cm³/mol. The Morgan fingerprint density at radius 3 is 2.45 bits per heavy atom. The molecule has 0 radical (unpaired) electrons. The number of aliphatic carboxylic acids is 1. The van der Waals surface area contributed by atoms with E-state index in [0.717, 1.165) is 25.9 Å². The van der Waals surface area contributed by atoms with Gasteiger partial charge in [-0.25, -0.2) is 0 Å². The number of piperidine rings is 2. The van der Waals surface area contributed by atoms with Crippen LogP contribution in [0, 0.1) is 5.92 Å². The number of nitrogens with zero attached hydrogens (tertiary/aromatic N) is 2. The molecule has 2 fully saturated rings. The van der Waals surface area contributed by atoms with Gasteiger partial charge in [0.15, 0.2) is 0 Å². The highest BCUT2D eigenvalue weighted by atomic mass is 32.2. The lowest BCUT2D eigenvalue weighted by Gasteiger charge is -2.34. The first-order valence-corrected chi connectivity index (χ1v) is 8.51. The predicted octanol–water partition coefficient (Wildman–Crippen LogP) is -0.288. The third-order valence-electron chi connectivity index (χ3n) is 4.11. The van der Waals surface area contributed by atoms with Crippen LogP contribution in [-0.4, -0.2) is 68.0 Å². The molecule has 0 bridgehead atoms. The molecule has 116 valence electrons. The van der Waals surface area contributed by atoms with E-state index in [9.17, 15) is 13.2 Å². The van der Waals surface area contributed by atoms with Crippen molar-refractivity contribution < 1.29 is 18.3 Å². The Morgan fingerprint density at radius 2 is 1.85 bits per heavy atom. The fourth-order valence-electron chi connectivity index (χ4n) is 2.77. The summed E-state index contributed by atoms with van der Waals surface area (Å²) in [5.41, 5.74) is 0. The fraction of sp³-hybridized carbons (Fsp3) is 0.917. The van der Waals surface area contributed by atoms with Gasteiger partial charge in [0.1, 0.15) is 0 Å². The zero-order valence-electron chi connectivity index (χ0n) is 11.8. The van der Waals surface area contributed by atoms with Crippen molar-refractivity contribution in [1.29, 1.82) is 0 Å². The molecule has 1 atom stereocenters. The largest absolute Gasteiger partial charge is 0.481 e. The van der Waals surface area contributed by atoms with Gasteiger partial charge >= 0.3 is 5.97 Å². The minimum absolute atomic E-state index is 0.0404. The Kier molecular flexibility index (Phi) is 5.00. The molecule has 2 rings (SSSR count). The highest BCUT2D eigenvalue weighted by Crippen LogP contribution is 2.20. The van der Waals surface area contributed by atoms with Gasteiger partial charge in [-0.05, 0) is 45.8 Å². The molecule has 0 saturated carbocycles. The lowest BCUT2D eigenvalue weighted by atomic mass is 10.0. The minimum atomic E-state index is -3.57. The van der Waals surface area contributed by atoms with Crippen LogP contribution in [0.1, 0.15) is 25.7 Å². The molecule has 0 aromatic rings. The van der Waals surface area contributed by atoms with Gasteiger partial charge in [0.05, 0.1) is 5.92 Å². The van der Waals surface area contributed by atoms with Crippen molar-refractivity contribution in [1.82, 2.24) is 13.9 Å². The standard InChI is InChI=1S/C12H23N3O4S/c1-14-7-4-11(5-8-14)13-20(18,19)15-6-2-3-10(9-15)12(16)17/h10-11,13H,2-9H2,1H3,(H,16,17). The first-order chi connectivity index (χ1) is 9.38. The second-order valence-corrected chi connectivity index (χ2v) is 7.44. The molecule has 2 aliphatic rings. The number of carbonyl (C=O) groups is 1. The third kappa shape index (κ3) is 3.91. The van der Waals surface area contributed by atoms with Crippen molar-refractivity contribution >= 4 is 16.2 Å². The Hall–Kier alpha value is -0.700. The van der Waals surface area contributed by atoms with E-state index in [1.54, 1.807) is 0 Å². The maximum atomic E-state index is 12.3. The van der Waals surface area contributed by atoms with E-state index in [2.05, 4.69) is 9.62 Å². The number of nitrogens with one attached hydrogen (secondary N) is 1. The highest BCUT2D eigenvalue weighted by molar-refractivity contribution is 7.87. The Labute approximate surface area is 120 Å². The topological polar surface area (TPSA) is 90.0 Å². The fourth-order valence-corrected chi connectivity index (χ4v) is 4.33. The van der Waals surface area contributed by atoms with Crippen LogP contribution in [0.2, 0.25) is 0 Å². The number of hydrogen-bond donors (Lipinski definition) is 2. The zero-order chi connectivity index (χ0) is 14.8. The van der Waals surface area contributed by atoms with E-state index in [0.29, 0.717) is 19.4 Å². The Bertz CT molecular complexity index is 446. The van der Waals surface area contributed by atoms with Crippen molar-refractivity contribution in [3.05, 3.63) is 0 Å². The molecule has 2 heterocycles. The summed E-state index contributed by atoms with van der Waals surface area (Å²) in [5, 5.41) is 9.02. The van der Waals surface area contributed by atoms with E-state index in [4.69, 9.17) is 5.11 Å². The first kappa shape index (κ1) is 15.7. The summed E-state index contributed by atoms with van der Waals surface area (Å²) >= 11 is 0. The summed E-state index contributed by atoms with van der Waals surface area (Å²) in [4.78, 5) is 13.2. The molecular weight excluding hydrogens is 282 g/mol. The molecule has 2 N–H and O–H groups in total. The SMILES string of the molecule is CN1CCC(NS(=O)(=O)N2CCCC(C(=O)O)C2)CC1. The van der Waals surface area contributed by atoms with Gasteiger partial charge in [-0.2, -0.15) is 17.4 Å². The average molecular weight is 305 g/mol. The van der Waals surface area contributed by atoms with Crippen molar-refractivity contribution in [3.63, 3.8) is 0 Å². The quantitative estimate of drug-likeness (QED) is 0.745. The van der Waals surface area contributed by atoms with Crippen LogP contribution in [0.5, 0.6) is 0 Å². The number of likely N-dealkylation sites (tertiary alicyclic amines) is 1. The molecule has 0 aliphatic carbocycles. The minimum Gasteiger partial charge on any atom is -0.481 e. The van der Waals surface area contributed by atoms with Crippen LogP contribution in [0.4, 0.5) is 0 Å². The van der Waals surface area contributed by atoms with E-state index < -0.39 is 22.1 Å². The molecule has 0 aromatic heterocycles.